The van der Waals surface area contributed by atoms with Gasteiger partial charge in [-0.3, -0.25) is 19.6 Å². The van der Waals surface area contributed by atoms with Crippen molar-refractivity contribution in [1.29, 1.82) is 15.8 Å². The molecule has 12 aromatic rings. The molecule has 5 aromatic heterocycles. The van der Waals surface area contributed by atoms with Gasteiger partial charge in [0.05, 0.1) is 118 Å². The molecule has 7 fully saturated rings. The Balaban J connectivity index is 0.473. The summed E-state index contributed by atoms with van der Waals surface area (Å²) >= 11 is 21.7. The first-order chi connectivity index (χ1) is 73.2. The Morgan fingerprint density at radius 1 is 0.460 bits per heavy atom. The zero-order valence-electron chi connectivity index (χ0n) is 85.3. The lowest BCUT2D eigenvalue weighted by molar-refractivity contribution is -0.118. The van der Waals surface area contributed by atoms with Gasteiger partial charge in [-0.2, -0.15) is 55.7 Å². The quantitative estimate of drug-likeness (QED) is 0.0291. The van der Waals surface area contributed by atoms with E-state index in [1.165, 1.54) is 11.1 Å². The molecular formula is C113H126Cl3N25O9. The van der Waals surface area contributed by atoms with Gasteiger partial charge in [0.2, 0.25) is 5.91 Å². The minimum Gasteiger partial charge on any atom is -0.462 e. The molecule has 23 rings (SSSR count). The van der Waals surface area contributed by atoms with Crippen LogP contribution in [-0.4, -0.2) is 267 Å². The average Bonchev–Trinajstić information content (AvgIpc) is 1.15. The van der Waals surface area contributed by atoms with Crippen LogP contribution in [0.15, 0.2) is 128 Å². The number of nitrogens with one attached hydrogen (secondary N) is 4. The highest BCUT2D eigenvalue weighted by molar-refractivity contribution is 6.37. The summed E-state index contributed by atoms with van der Waals surface area (Å²) in [6.07, 6.45) is 8.78. The van der Waals surface area contributed by atoms with Crippen LogP contribution in [0.2, 0.25) is 15.1 Å². The minimum absolute atomic E-state index is 0.00297. The highest BCUT2D eigenvalue weighted by Crippen LogP contribution is 2.50. The van der Waals surface area contributed by atoms with E-state index in [0.29, 0.717) is 171 Å². The fourth-order valence-corrected chi connectivity index (χ4v) is 25.8. The molecular weight excluding hydrogens is 1960 g/mol. The topological polar surface area (TPSA) is 378 Å². The maximum absolute atomic E-state index is 12.5. The summed E-state index contributed by atoms with van der Waals surface area (Å²) in [4.78, 5) is 77.6. The number of hydrogen-bond acceptors (Lipinski definition) is 33. The van der Waals surface area contributed by atoms with Crippen LogP contribution in [-0.2, 0) is 75.9 Å². The summed E-state index contributed by atoms with van der Waals surface area (Å²) in [5.74, 6) is 2.89. The molecule has 778 valence electrons. The highest BCUT2D eigenvalue weighted by Gasteiger charge is 2.43. The number of pyridine rings is 1. The Hall–Kier alpha value is -12.4. The number of carbonyl (C=O) groups excluding carboxylic acids is 1. The van der Waals surface area contributed by atoms with E-state index in [4.69, 9.17) is 123 Å². The zero-order chi connectivity index (χ0) is 102. The van der Waals surface area contributed by atoms with Crippen molar-refractivity contribution < 1.29 is 42.7 Å². The van der Waals surface area contributed by atoms with Crippen molar-refractivity contribution in [3.63, 3.8) is 0 Å². The monoisotopic (exact) mass is 2080 g/mol. The molecule has 0 radical (unpaired) electrons. The summed E-state index contributed by atoms with van der Waals surface area (Å²) in [6, 6.07) is 48.1. The number of halogens is 3. The Morgan fingerprint density at radius 2 is 0.893 bits per heavy atom. The maximum Gasteiger partial charge on any atom is 0.318 e. The van der Waals surface area contributed by atoms with Crippen LogP contribution < -0.4 is 70.4 Å². The van der Waals surface area contributed by atoms with Crippen molar-refractivity contribution in [2.45, 2.75) is 195 Å². The largest absolute Gasteiger partial charge is 0.462 e. The molecule has 11 aliphatic heterocycles. The van der Waals surface area contributed by atoms with Gasteiger partial charge in [-0.1, -0.05) is 126 Å². The molecule has 7 aromatic carbocycles. The fourth-order valence-electron chi connectivity index (χ4n) is 25.0. The summed E-state index contributed by atoms with van der Waals surface area (Å²) in [5.41, 5.74) is 20.2. The molecule has 0 spiro atoms. The number of nitrogens with zero attached hydrogens (tertiary/aromatic N) is 20. The first kappa shape index (κ1) is 101. The number of likely N-dealkylation sites (tertiary alicyclic amines) is 3. The molecule has 14 atom stereocenters. The second-order valence-electron chi connectivity index (χ2n) is 42.4. The van der Waals surface area contributed by atoms with E-state index < -0.39 is 12.2 Å². The Kier molecular flexibility index (Phi) is 29.7. The molecule has 16 heterocycles. The maximum atomic E-state index is 12.5. The van der Waals surface area contributed by atoms with Crippen LogP contribution in [0, 0.1) is 34.0 Å². The Morgan fingerprint density at radius 3 is 1.42 bits per heavy atom. The van der Waals surface area contributed by atoms with Crippen molar-refractivity contribution in [3.05, 3.63) is 221 Å². The Bertz CT molecular complexity index is 7240. The van der Waals surface area contributed by atoms with Crippen LogP contribution in [0.1, 0.15) is 173 Å². The van der Waals surface area contributed by atoms with E-state index >= 15 is 0 Å². The predicted octanol–water partition coefficient (Wildman–Crippen LogP) is 13.9. The van der Waals surface area contributed by atoms with Crippen molar-refractivity contribution in [3.8, 4) is 42.2 Å². The molecule has 6 N–H and O–H groups in total. The summed E-state index contributed by atoms with van der Waals surface area (Å²) in [5, 5.41) is 53.4. The van der Waals surface area contributed by atoms with Crippen LogP contribution in [0.25, 0.3) is 43.1 Å². The van der Waals surface area contributed by atoms with E-state index in [1.807, 2.05) is 61.8 Å². The van der Waals surface area contributed by atoms with Crippen molar-refractivity contribution in [2.75, 3.05) is 177 Å². The normalized spacial score (nSPS) is 24.4. The molecule has 1 amide bonds. The highest BCUT2D eigenvalue weighted by atomic mass is 35.5. The summed E-state index contributed by atoms with van der Waals surface area (Å²) in [7, 11) is 8.54. The third kappa shape index (κ3) is 20.9. The first-order valence-corrected chi connectivity index (χ1v) is 54.1. The standard InChI is InChI=1S/C113H126Cl3N25O9/c1-65(150-113-129-96-46-98(81-18-6-12-66-13-7-19-90(114)103(66)81)143-62-89(96)109(133-113)140-38-33-124-73(56-140)27-30-119)51-137(5)97-22-10-16-79-84(97)49-121-50-85(79)101-48-95-88(64-146-101)107(139-37-32-123-72(55-139)26-29-118)131-112(128-95)149-60-77-42-70(53-136(77)4)78-23-24-82(105-80(78)17-9-21-92(105)116)99-45-93-86(61-144-99)108(141-39-34-125-74(57-141)44-102(120)142)132-111(126-93)148-59-76-41-69(52-135(76)3)68-40-67-14-8-20-91(115)104(67)83(43-68)100-47-94-87(63-145-100)106(138-36-31-122-71(54-138)25-28-117)130-110(127-94)147-58-75-15-11-35-134(75)2/h6-10,12-14,16-24,40,43,49-50,65,69-77,98-101,122-125H,11,15,25-27,31-39,41-42,44-48,51-64H2,1-5H3,(H2,120,142)/t65?,69?,70?,71-,72+,73+,74+,75+,76+,77+,98+,99+,100+,101?/m1/s1. The van der Waals surface area contributed by atoms with Gasteiger partial charge in [0.1, 0.15) is 49.2 Å². The number of primary amides is 1. The number of benzene rings is 7. The van der Waals surface area contributed by atoms with E-state index in [9.17, 15) is 20.6 Å². The zero-order valence-corrected chi connectivity index (χ0v) is 87.6. The van der Waals surface area contributed by atoms with Gasteiger partial charge < -0.3 is 94.3 Å². The van der Waals surface area contributed by atoms with Gasteiger partial charge in [-0.05, 0) is 146 Å². The van der Waals surface area contributed by atoms with E-state index in [1.54, 1.807) is 0 Å². The number of amides is 1. The SMILES string of the molecule is CC(CN(C)c1cccc2c(C3Cc4nc(OC[C@@H]5CC(c6ccc([C@@H]7Cc8nc(OC[C@@H]9CC(c%10cc([C@@H]%11Cc%12nc(OC[C@@H]%13CCCN%13C)nc(N%13CCN[C@H](CC#N)C%13)c%12CO%11)c%11c(Cl)cccc%11c%10)CN9C)nc(N9CCN[C@@H](CC(N)=O)C9)c8CO7)c7c(Cl)cccc67)CN5C)nc(N5CCN[C@@H](CC#N)C5)c4CO3)cncc12)Oc1nc2c(c(N3CCN[C@@H](CC#N)C3)n1)CO[C@H](c1cccc3cccc(Cl)c13)C2. The van der Waals surface area contributed by atoms with Gasteiger partial charge in [0, 0.05) is 256 Å². The lowest BCUT2D eigenvalue weighted by atomic mass is 9.87. The van der Waals surface area contributed by atoms with E-state index in [-0.39, 0.29) is 116 Å². The fraction of sp³-hybridized carbons (Fsp3) is 0.478. The van der Waals surface area contributed by atoms with Gasteiger partial charge >= 0.3 is 24.0 Å². The number of likely N-dealkylation sites (N-methyl/N-ethyl adjacent to an activating group) is 4. The number of aromatic nitrogens is 9. The molecule has 0 aliphatic carbocycles. The van der Waals surface area contributed by atoms with E-state index in [2.05, 4.69) is 180 Å². The van der Waals surface area contributed by atoms with Crippen molar-refractivity contribution in [2.24, 2.45) is 5.73 Å². The van der Waals surface area contributed by atoms with Gasteiger partial charge in [-0.25, -0.2) is 0 Å². The number of rotatable bonds is 29. The van der Waals surface area contributed by atoms with Gasteiger partial charge in [0.15, 0.2) is 0 Å². The van der Waals surface area contributed by atoms with Crippen LogP contribution in [0.5, 0.6) is 24.0 Å². The third-order valence-electron chi connectivity index (χ3n) is 32.7. The molecule has 11 aliphatic rings. The molecule has 37 heteroatoms. The molecule has 0 saturated carbocycles. The number of nitrogens with two attached hydrogens (primary N) is 1. The number of hydrogen-bond donors (Lipinski definition) is 5. The van der Waals surface area contributed by atoms with Crippen LogP contribution >= 0.6 is 34.8 Å². The minimum atomic E-state index is -0.440. The molecule has 4 unspecified atom stereocenters. The van der Waals surface area contributed by atoms with Crippen molar-refractivity contribution >= 4 is 113 Å². The van der Waals surface area contributed by atoms with Crippen LogP contribution in [0.4, 0.5) is 29.0 Å². The Labute approximate surface area is 887 Å². The lowest BCUT2D eigenvalue weighted by Gasteiger charge is -2.37. The van der Waals surface area contributed by atoms with Gasteiger partial charge in [-0.15, -0.1) is 0 Å². The predicted molar refractivity (Wildman–Crippen MR) is 575 cm³/mol. The molecule has 0 bridgehead atoms. The number of anilines is 5. The number of ether oxygens (including phenoxy) is 8. The second-order valence-corrected chi connectivity index (χ2v) is 43.6. The number of nitriles is 3. The number of carbonyl (C=O) groups is 1. The average molecular weight is 2080 g/mol. The second kappa shape index (κ2) is 44.1. The van der Waals surface area contributed by atoms with E-state index in [0.717, 1.165) is 198 Å². The van der Waals surface area contributed by atoms with Crippen LogP contribution in [0.3, 0.4) is 0 Å². The smallest absolute Gasteiger partial charge is 0.318 e. The summed E-state index contributed by atoms with van der Waals surface area (Å²) in [6.45, 7) is 15.0. The lowest BCUT2D eigenvalue weighted by Crippen LogP contribution is -2.52. The van der Waals surface area contributed by atoms with Gasteiger partial charge in [0.25, 0.3) is 0 Å². The third-order valence-corrected chi connectivity index (χ3v) is 33.6. The summed E-state index contributed by atoms with van der Waals surface area (Å²) < 4.78 is 55.0. The number of fused-ring (bicyclic) bond motifs is 8. The molecule has 7 saturated heterocycles. The number of piperazine rings is 4. The first-order valence-electron chi connectivity index (χ1n) is 52.9. The molecule has 150 heavy (non-hydrogen) atoms. The molecule has 34 nitrogen and oxygen atoms in total. The van der Waals surface area contributed by atoms with Crippen molar-refractivity contribution in [1.82, 2.24) is 80.8 Å².